The number of allylic oxidation sites excluding steroid dienone is 1. The summed E-state index contributed by atoms with van der Waals surface area (Å²) in [5.74, 6) is 0.861. The van der Waals surface area contributed by atoms with Crippen LogP contribution in [0.1, 0.15) is 50.5 Å². The second-order valence-electron chi connectivity index (χ2n) is 8.00. The highest BCUT2D eigenvalue weighted by atomic mass is 16.6. The molecule has 29 heavy (non-hydrogen) atoms. The largest absolute Gasteiger partial charge is 0.485 e. The third-order valence-electron chi connectivity index (χ3n) is 5.22. The van der Waals surface area contributed by atoms with Crippen molar-refractivity contribution in [1.29, 1.82) is 0 Å². The van der Waals surface area contributed by atoms with Crippen molar-refractivity contribution in [2.24, 2.45) is 0 Å². The lowest BCUT2D eigenvalue weighted by Crippen LogP contribution is -2.51. The number of anilines is 1. The number of benzene rings is 2. The Hall–Kier alpha value is -2.30. The zero-order chi connectivity index (χ0) is 20.9. The molecule has 2 aromatic rings. The summed E-state index contributed by atoms with van der Waals surface area (Å²) in [5.41, 5.74) is 4.12. The molecule has 0 aromatic heterocycles. The molecule has 4 heteroatoms. The molecule has 0 aliphatic carbocycles. The van der Waals surface area contributed by atoms with Gasteiger partial charge < -0.3 is 19.5 Å². The van der Waals surface area contributed by atoms with Gasteiger partial charge in [0.1, 0.15) is 23.6 Å². The lowest BCUT2D eigenvalue weighted by atomic mass is 9.88. The molecule has 2 aromatic carbocycles. The number of aryl methyl sites for hydroxylation is 1. The maximum absolute atomic E-state index is 6.31. The topological polar surface area (TPSA) is 39.7 Å². The summed E-state index contributed by atoms with van der Waals surface area (Å²) in [6.45, 7) is 12.2. The van der Waals surface area contributed by atoms with Gasteiger partial charge in [0.2, 0.25) is 0 Å². The van der Waals surface area contributed by atoms with Crippen LogP contribution in [-0.2, 0) is 16.0 Å². The molecule has 1 aliphatic rings. The van der Waals surface area contributed by atoms with E-state index in [2.05, 4.69) is 62.5 Å². The van der Waals surface area contributed by atoms with Gasteiger partial charge in [-0.2, -0.15) is 0 Å². The molecule has 156 valence electrons. The van der Waals surface area contributed by atoms with E-state index in [0.29, 0.717) is 13.2 Å². The fourth-order valence-corrected chi connectivity index (χ4v) is 3.65. The van der Waals surface area contributed by atoms with Crippen molar-refractivity contribution in [3.63, 3.8) is 0 Å². The van der Waals surface area contributed by atoms with E-state index in [0.717, 1.165) is 23.5 Å². The fourth-order valence-electron chi connectivity index (χ4n) is 3.65. The van der Waals surface area contributed by atoms with Crippen molar-refractivity contribution < 1.29 is 14.2 Å². The van der Waals surface area contributed by atoms with Gasteiger partial charge in [0.15, 0.2) is 0 Å². The van der Waals surface area contributed by atoms with E-state index in [-0.39, 0.29) is 12.2 Å². The van der Waals surface area contributed by atoms with Crippen LogP contribution in [0.4, 0.5) is 5.69 Å². The molecule has 4 nitrogen and oxygen atoms in total. The molecule has 0 radical (unpaired) electrons. The molecule has 1 N–H and O–H groups in total. The zero-order valence-corrected chi connectivity index (χ0v) is 18.2. The smallest absolute Gasteiger partial charge is 0.132 e. The van der Waals surface area contributed by atoms with Crippen LogP contribution in [0.2, 0.25) is 0 Å². The molecule has 1 heterocycles. The predicted octanol–water partition coefficient (Wildman–Crippen LogP) is 5.82. The SMILES string of the molecule is C/C=C/COC1C(OCC)c2cc(NCc3ccc(C)cc3)ccc2OC1(C)C. The molecular weight excluding hydrogens is 362 g/mol. The van der Waals surface area contributed by atoms with Crippen LogP contribution in [0.5, 0.6) is 5.75 Å². The lowest BCUT2D eigenvalue weighted by molar-refractivity contribution is -0.155. The summed E-state index contributed by atoms with van der Waals surface area (Å²) in [7, 11) is 0. The Morgan fingerprint density at radius 1 is 1.10 bits per heavy atom. The molecule has 2 atom stereocenters. The van der Waals surface area contributed by atoms with Gasteiger partial charge in [-0.1, -0.05) is 42.0 Å². The molecule has 2 unspecified atom stereocenters. The maximum Gasteiger partial charge on any atom is 0.132 e. The lowest BCUT2D eigenvalue weighted by Gasteiger charge is -2.44. The Morgan fingerprint density at radius 3 is 2.55 bits per heavy atom. The number of fused-ring (bicyclic) bond motifs is 1. The van der Waals surface area contributed by atoms with Crippen molar-refractivity contribution in [3.05, 3.63) is 71.3 Å². The van der Waals surface area contributed by atoms with Crippen molar-refractivity contribution in [2.75, 3.05) is 18.5 Å². The van der Waals surface area contributed by atoms with Gasteiger partial charge in [0, 0.05) is 24.4 Å². The van der Waals surface area contributed by atoms with Crippen LogP contribution in [-0.4, -0.2) is 24.9 Å². The van der Waals surface area contributed by atoms with E-state index in [1.807, 2.05) is 32.1 Å². The Bertz CT molecular complexity index is 826. The average molecular weight is 396 g/mol. The highest BCUT2D eigenvalue weighted by Crippen LogP contribution is 2.44. The maximum atomic E-state index is 6.31. The molecule has 3 rings (SSSR count). The first-order valence-corrected chi connectivity index (χ1v) is 10.4. The van der Waals surface area contributed by atoms with Crippen LogP contribution in [0.3, 0.4) is 0 Å². The number of hydrogen-bond acceptors (Lipinski definition) is 4. The number of hydrogen-bond donors (Lipinski definition) is 1. The predicted molar refractivity (Wildman–Crippen MR) is 119 cm³/mol. The van der Waals surface area contributed by atoms with Gasteiger partial charge in [-0.15, -0.1) is 0 Å². The number of ether oxygens (including phenoxy) is 3. The van der Waals surface area contributed by atoms with Crippen molar-refractivity contribution in [1.82, 2.24) is 0 Å². The van der Waals surface area contributed by atoms with Crippen molar-refractivity contribution in [3.8, 4) is 5.75 Å². The van der Waals surface area contributed by atoms with Crippen LogP contribution < -0.4 is 10.1 Å². The first kappa shape index (κ1) is 21.4. The van der Waals surface area contributed by atoms with Gasteiger partial charge in [0.05, 0.1) is 6.61 Å². The van der Waals surface area contributed by atoms with Gasteiger partial charge in [-0.3, -0.25) is 0 Å². The summed E-state index contributed by atoms with van der Waals surface area (Å²) in [6.07, 6.45) is 3.63. The van der Waals surface area contributed by atoms with Crippen LogP contribution in [0.25, 0.3) is 0 Å². The first-order chi connectivity index (χ1) is 13.9. The van der Waals surface area contributed by atoms with Crippen molar-refractivity contribution in [2.45, 2.75) is 59.0 Å². The van der Waals surface area contributed by atoms with E-state index >= 15 is 0 Å². The summed E-state index contributed by atoms with van der Waals surface area (Å²) >= 11 is 0. The Kier molecular flexibility index (Phi) is 6.99. The van der Waals surface area contributed by atoms with E-state index in [4.69, 9.17) is 14.2 Å². The van der Waals surface area contributed by atoms with Gasteiger partial charge in [0.25, 0.3) is 0 Å². The zero-order valence-electron chi connectivity index (χ0n) is 18.2. The molecular formula is C25H33NO3. The van der Waals surface area contributed by atoms with E-state index in [1.54, 1.807) is 0 Å². The standard InChI is InChI=1S/C25H33NO3/c1-6-8-15-28-24-23(27-7-2)21-16-20(13-14-22(21)29-25(24,4)5)26-17-19-11-9-18(3)10-12-19/h6,8-14,16,23-24,26H,7,15,17H2,1-5H3/b8-6+. The number of nitrogens with one attached hydrogen (secondary N) is 1. The molecule has 0 spiro atoms. The van der Waals surface area contributed by atoms with Crippen LogP contribution >= 0.6 is 0 Å². The third kappa shape index (κ3) is 5.20. The normalized spacial score (nSPS) is 20.3. The Labute approximate surface area is 174 Å². The second kappa shape index (κ2) is 9.47. The highest BCUT2D eigenvalue weighted by molar-refractivity contribution is 5.54. The van der Waals surface area contributed by atoms with Gasteiger partial charge in [-0.25, -0.2) is 0 Å². The molecule has 1 aliphatic heterocycles. The van der Waals surface area contributed by atoms with E-state index < -0.39 is 5.60 Å². The minimum atomic E-state index is -0.481. The molecule has 0 bridgehead atoms. The monoisotopic (exact) mass is 395 g/mol. The minimum absolute atomic E-state index is 0.176. The van der Waals surface area contributed by atoms with E-state index in [9.17, 15) is 0 Å². The summed E-state index contributed by atoms with van der Waals surface area (Å²) < 4.78 is 18.7. The van der Waals surface area contributed by atoms with Crippen LogP contribution in [0, 0.1) is 6.92 Å². The average Bonchev–Trinajstić information content (AvgIpc) is 2.69. The summed E-state index contributed by atoms with van der Waals surface area (Å²) in [5, 5.41) is 3.52. The van der Waals surface area contributed by atoms with E-state index in [1.165, 1.54) is 11.1 Å². The second-order valence-corrected chi connectivity index (χ2v) is 8.00. The third-order valence-corrected chi connectivity index (χ3v) is 5.22. The first-order valence-electron chi connectivity index (χ1n) is 10.4. The highest BCUT2D eigenvalue weighted by Gasteiger charge is 2.45. The summed E-state index contributed by atoms with van der Waals surface area (Å²) in [6, 6.07) is 14.8. The fraction of sp³-hybridized carbons (Fsp3) is 0.440. The van der Waals surface area contributed by atoms with Gasteiger partial charge in [-0.05, 0) is 58.4 Å². The Balaban J connectivity index is 1.83. The van der Waals surface area contributed by atoms with Crippen LogP contribution in [0.15, 0.2) is 54.6 Å². The Morgan fingerprint density at radius 2 is 1.86 bits per heavy atom. The minimum Gasteiger partial charge on any atom is -0.485 e. The quantitative estimate of drug-likeness (QED) is 0.572. The number of rotatable bonds is 8. The molecule has 0 saturated heterocycles. The summed E-state index contributed by atoms with van der Waals surface area (Å²) in [4.78, 5) is 0. The van der Waals surface area contributed by atoms with Gasteiger partial charge >= 0.3 is 0 Å². The van der Waals surface area contributed by atoms with Crippen molar-refractivity contribution >= 4 is 5.69 Å². The molecule has 0 amide bonds. The molecule has 0 fully saturated rings. The molecule has 0 saturated carbocycles.